The Morgan fingerprint density at radius 3 is 1.89 bits per heavy atom. The zero-order valence-electron chi connectivity index (χ0n) is 19.4. The number of rotatable bonds is 6. The Balaban J connectivity index is 3.25. The molecule has 0 spiro atoms. The molecule has 0 aliphatic heterocycles. The number of methoxy groups -OCH3 is 2. The van der Waals surface area contributed by atoms with E-state index in [1.54, 1.807) is 0 Å². The van der Waals surface area contributed by atoms with Crippen LogP contribution in [0, 0.1) is 0 Å². The predicted octanol–water partition coefficient (Wildman–Crippen LogP) is 6.47. The molecule has 212 valence electrons. The van der Waals surface area contributed by atoms with E-state index in [2.05, 4.69) is 9.72 Å². The average Bonchev–Trinajstić information content (AvgIpc) is 2.76. The molecule has 0 fully saturated rings. The van der Waals surface area contributed by atoms with E-state index < -0.39 is 80.8 Å². The number of benzene rings is 1. The highest BCUT2D eigenvalue weighted by Gasteiger charge is 2.44. The summed E-state index contributed by atoms with van der Waals surface area (Å²) in [6.07, 6.45) is -18.7. The van der Waals surface area contributed by atoms with Crippen molar-refractivity contribution in [1.29, 1.82) is 0 Å². The Morgan fingerprint density at radius 2 is 1.50 bits per heavy atom. The highest BCUT2D eigenvalue weighted by molar-refractivity contribution is 6.34. The summed E-state index contributed by atoms with van der Waals surface area (Å²) in [5.74, 6) is -2.78. The molecule has 0 radical (unpaired) electrons. The van der Waals surface area contributed by atoms with Crippen LogP contribution in [0.5, 0.6) is 0 Å². The average molecular weight is 604 g/mol. The zero-order chi connectivity index (χ0) is 29.5. The van der Waals surface area contributed by atoms with Crippen LogP contribution in [0.2, 0.25) is 10.0 Å². The SMILES string of the molecule is COC(=O)C(OC)N(c1cc(C(F)(F)F)cc(C(F)(F)F)c1Cl)c1nc(C(F)(F)F)c(Cl)c(=O)n1C(C)C. The van der Waals surface area contributed by atoms with Crippen molar-refractivity contribution in [3.63, 3.8) is 0 Å². The maximum absolute atomic E-state index is 13.7. The standard InChI is InChI=1S/C20H16Cl2F9N3O4/c1-7(2)33-14(35)12(22)13(20(29,30)31)32-17(33)34(15(37-3)16(36)38-4)10-6-8(18(23,24)25)5-9(11(10)21)19(26,27)28/h5-7,15H,1-4H3. The van der Waals surface area contributed by atoms with Crippen LogP contribution in [0.15, 0.2) is 16.9 Å². The normalized spacial score (nSPS) is 13.6. The topological polar surface area (TPSA) is 73.7 Å². The zero-order valence-corrected chi connectivity index (χ0v) is 21.0. The molecule has 18 heteroatoms. The number of hydrogen-bond acceptors (Lipinski definition) is 6. The summed E-state index contributed by atoms with van der Waals surface area (Å²) in [5.41, 5.74) is -8.96. The monoisotopic (exact) mass is 603 g/mol. The van der Waals surface area contributed by atoms with Crippen LogP contribution in [0.25, 0.3) is 0 Å². The van der Waals surface area contributed by atoms with Crippen molar-refractivity contribution >= 4 is 40.8 Å². The Morgan fingerprint density at radius 1 is 0.947 bits per heavy atom. The number of esters is 1. The molecule has 2 aromatic rings. The Kier molecular flexibility index (Phi) is 8.96. The second kappa shape index (κ2) is 10.8. The number of nitrogens with zero attached hydrogens (tertiary/aromatic N) is 3. The first-order valence-electron chi connectivity index (χ1n) is 9.95. The van der Waals surface area contributed by atoms with Crippen molar-refractivity contribution < 1.29 is 53.8 Å². The molecule has 1 aromatic carbocycles. The summed E-state index contributed by atoms with van der Waals surface area (Å²) in [6.45, 7) is 2.42. The van der Waals surface area contributed by atoms with Crippen LogP contribution in [-0.4, -0.2) is 36.0 Å². The Labute approximate surface area is 217 Å². The summed E-state index contributed by atoms with van der Waals surface area (Å²) in [4.78, 5) is 28.6. The molecule has 7 nitrogen and oxygen atoms in total. The minimum Gasteiger partial charge on any atom is -0.466 e. The van der Waals surface area contributed by atoms with E-state index in [-0.39, 0.29) is 17.0 Å². The van der Waals surface area contributed by atoms with Crippen molar-refractivity contribution in [2.75, 3.05) is 19.1 Å². The fourth-order valence-corrected chi connectivity index (χ4v) is 3.77. The minimum atomic E-state index is -5.51. The molecule has 0 aliphatic rings. The predicted molar refractivity (Wildman–Crippen MR) is 115 cm³/mol. The van der Waals surface area contributed by atoms with Crippen molar-refractivity contribution in [1.82, 2.24) is 9.55 Å². The molecule has 0 bridgehead atoms. The van der Waals surface area contributed by atoms with E-state index in [9.17, 15) is 49.1 Å². The molecule has 0 N–H and O–H groups in total. The van der Waals surface area contributed by atoms with Gasteiger partial charge in [-0.2, -0.15) is 39.5 Å². The van der Waals surface area contributed by atoms with E-state index in [1.165, 1.54) is 13.8 Å². The van der Waals surface area contributed by atoms with Gasteiger partial charge in [-0.05, 0) is 26.0 Å². The molecule has 0 amide bonds. The highest BCUT2D eigenvalue weighted by atomic mass is 35.5. The highest BCUT2D eigenvalue weighted by Crippen LogP contribution is 2.46. The molecule has 38 heavy (non-hydrogen) atoms. The third-order valence-electron chi connectivity index (χ3n) is 4.85. The van der Waals surface area contributed by atoms with Crippen molar-refractivity contribution in [3.05, 3.63) is 49.4 Å². The number of carbonyl (C=O) groups excluding carboxylic acids is 1. The molecule has 1 atom stereocenters. The van der Waals surface area contributed by atoms with Crippen molar-refractivity contribution in [2.45, 2.75) is 44.6 Å². The number of ether oxygens (including phenoxy) is 2. The van der Waals surface area contributed by atoms with Gasteiger partial charge in [-0.1, -0.05) is 23.2 Å². The Hall–Kier alpha value is -2.72. The number of hydrogen-bond donors (Lipinski definition) is 0. The smallest absolute Gasteiger partial charge is 0.435 e. The summed E-state index contributed by atoms with van der Waals surface area (Å²) in [7, 11) is 1.48. The van der Waals surface area contributed by atoms with Crippen molar-refractivity contribution in [2.24, 2.45) is 0 Å². The quantitative estimate of drug-likeness (QED) is 0.214. The second-order valence-corrected chi connectivity index (χ2v) is 8.43. The fraction of sp³-hybridized carbons (Fsp3) is 0.450. The number of anilines is 2. The van der Waals surface area contributed by atoms with Gasteiger partial charge in [0.25, 0.3) is 5.56 Å². The van der Waals surface area contributed by atoms with E-state index in [1.807, 2.05) is 0 Å². The molecule has 2 rings (SSSR count). The van der Waals surface area contributed by atoms with Crippen LogP contribution in [0.1, 0.15) is 36.7 Å². The lowest BCUT2D eigenvalue weighted by molar-refractivity contribution is -0.151. The first kappa shape index (κ1) is 31.5. The number of halogens is 11. The fourth-order valence-electron chi connectivity index (χ4n) is 3.23. The molecular weight excluding hydrogens is 588 g/mol. The third kappa shape index (κ3) is 6.12. The Bertz CT molecular complexity index is 1270. The lowest BCUT2D eigenvalue weighted by Crippen LogP contribution is -2.45. The van der Waals surface area contributed by atoms with Gasteiger partial charge in [-0.3, -0.25) is 14.3 Å². The van der Waals surface area contributed by atoms with Gasteiger partial charge < -0.3 is 9.47 Å². The van der Waals surface area contributed by atoms with Crippen LogP contribution in [0.4, 0.5) is 51.1 Å². The summed E-state index contributed by atoms with van der Waals surface area (Å²) < 4.78 is 133. The van der Waals surface area contributed by atoms with Gasteiger partial charge in [0.15, 0.2) is 5.69 Å². The minimum absolute atomic E-state index is 0.0191. The lowest BCUT2D eigenvalue weighted by Gasteiger charge is -2.34. The molecule has 0 aliphatic carbocycles. The summed E-state index contributed by atoms with van der Waals surface area (Å²) >= 11 is 11.4. The lowest BCUT2D eigenvalue weighted by atomic mass is 10.1. The van der Waals surface area contributed by atoms with Crippen LogP contribution in [0.3, 0.4) is 0 Å². The van der Waals surface area contributed by atoms with E-state index in [0.29, 0.717) is 4.57 Å². The first-order valence-corrected chi connectivity index (χ1v) is 10.7. The van der Waals surface area contributed by atoms with E-state index >= 15 is 0 Å². The van der Waals surface area contributed by atoms with Gasteiger partial charge in [0.2, 0.25) is 12.2 Å². The molecule has 1 heterocycles. The van der Waals surface area contributed by atoms with Crippen molar-refractivity contribution in [3.8, 4) is 0 Å². The largest absolute Gasteiger partial charge is 0.466 e. The molecule has 0 saturated heterocycles. The van der Waals surface area contributed by atoms with Gasteiger partial charge in [0.05, 0.1) is 28.9 Å². The number of alkyl halides is 9. The summed E-state index contributed by atoms with van der Waals surface area (Å²) in [6, 6.07) is -1.48. The van der Waals surface area contributed by atoms with Crippen LogP contribution < -0.4 is 10.5 Å². The van der Waals surface area contributed by atoms with Gasteiger partial charge in [-0.25, -0.2) is 9.78 Å². The third-order valence-corrected chi connectivity index (χ3v) is 5.59. The second-order valence-electron chi connectivity index (χ2n) is 7.67. The molecule has 1 aromatic heterocycles. The van der Waals surface area contributed by atoms with Crippen LogP contribution in [-0.2, 0) is 32.8 Å². The first-order chi connectivity index (χ1) is 17.2. The van der Waals surface area contributed by atoms with Gasteiger partial charge in [0, 0.05) is 13.2 Å². The maximum atomic E-state index is 13.7. The maximum Gasteiger partial charge on any atom is 0.435 e. The van der Waals surface area contributed by atoms with Crippen LogP contribution >= 0.6 is 23.2 Å². The number of aromatic nitrogens is 2. The molecular formula is C20H16Cl2F9N3O4. The van der Waals surface area contributed by atoms with E-state index in [0.717, 1.165) is 14.2 Å². The number of carbonyl (C=O) groups is 1. The van der Waals surface area contributed by atoms with Gasteiger partial charge in [-0.15, -0.1) is 0 Å². The van der Waals surface area contributed by atoms with E-state index in [4.69, 9.17) is 27.9 Å². The van der Waals surface area contributed by atoms with Gasteiger partial charge >= 0.3 is 24.5 Å². The molecule has 0 saturated carbocycles. The van der Waals surface area contributed by atoms with Gasteiger partial charge in [0.1, 0.15) is 5.02 Å². The summed E-state index contributed by atoms with van der Waals surface area (Å²) in [5, 5.41) is -2.93. The molecule has 1 unspecified atom stereocenters.